The van der Waals surface area contributed by atoms with Crippen molar-refractivity contribution in [2.75, 3.05) is 20.1 Å². The summed E-state index contributed by atoms with van der Waals surface area (Å²) in [7, 11) is 1.55. The van der Waals surface area contributed by atoms with Crippen molar-refractivity contribution in [1.82, 2.24) is 16.0 Å². The van der Waals surface area contributed by atoms with Crippen molar-refractivity contribution >= 4 is 11.9 Å². The lowest BCUT2D eigenvalue weighted by Gasteiger charge is -2.13. The number of halogens is 3. The molecule has 5 nitrogen and oxygen atoms in total. The number of carbonyl (C=O) groups is 1. The summed E-state index contributed by atoms with van der Waals surface area (Å²) in [5.41, 5.74) is -0.189. The van der Waals surface area contributed by atoms with Crippen LogP contribution in [0.25, 0.3) is 0 Å². The number of hydrogen-bond acceptors (Lipinski definition) is 2. The van der Waals surface area contributed by atoms with Crippen molar-refractivity contribution in [2.45, 2.75) is 32.5 Å². The molecule has 3 N–H and O–H groups in total. The highest BCUT2D eigenvalue weighted by Crippen LogP contribution is 2.29. The van der Waals surface area contributed by atoms with E-state index in [4.69, 9.17) is 0 Å². The van der Waals surface area contributed by atoms with Gasteiger partial charge in [-0.25, -0.2) is 0 Å². The Labute approximate surface area is 139 Å². The Morgan fingerprint density at radius 3 is 2.54 bits per heavy atom. The van der Waals surface area contributed by atoms with E-state index in [-0.39, 0.29) is 12.5 Å². The minimum absolute atomic E-state index is 0.0577. The summed E-state index contributed by atoms with van der Waals surface area (Å²) >= 11 is 0. The first-order valence-electron chi connectivity index (χ1n) is 7.74. The molecule has 0 aromatic heterocycles. The Hall–Kier alpha value is -2.25. The van der Waals surface area contributed by atoms with Crippen molar-refractivity contribution in [3.05, 3.63) is 35.4 Å². The average molecular weight is 344 g/mol. The van der Waals surface area contributed by atoms with E-state index < -0.39 is 11.7 Å². The van der Waals surface area contributed by atoms with E-state index in [1.165, 1.54) is 6.07 Å². The molecule has 1 aromatic rings. The first-order chi connectivity index (χ1) is 11.4. The first-order valence-corrected chi connectivity index (χ1v) is 7.74. The van der Waals surface area contributed by atoms with E-state index in [0.717, 1.165) is 18.6 Å². The third-order valence-corrected chi connectivity index (χ3v) is 3.15. The Kier molecular flexibility index (Phi) is 8.08. The van der Waals surface area contributed by atoms with Crippen molar-refractivity contribution in [1.29, 1.82) is 0 Å². The number of nitrogens with one attached hydrogen (secondary N) is 3. The molecule has 0 saturated heterocycles. The van der Waals surface area contributed by atoms with Gasteiger partial charge >= 0.3 is 6.18 Å². The molecule has 0 aliphatic carbocycles. The minimum atomic E-state index is -4.36. The molecule has 0 bridgehead atoms. The monoisotopic (exact) mass is 344 g/mol. The number of nitrogens with zero attached hydrogens (tertiary/aromatic N) is 1. The zero-order chi connectivity index (χ0) is 18.0. The van der Waals surface area contributed by atoms with Gasteiger partial charge in [-0.2, -0.15) is 13.2 Å². The molecule has 1 aromatic carbocycles. The molecule has 0 spiro atoms. The predicted octanol–water partition coefficient (Wildman–Crippen LogP) is 2.29. The maximum absolute atomic E-state index is 12.7. The lowest BCUT2D eigenvalue weighted by molar-refractivity contribution is -0.137. The normalized spacial score (nSPS) is 12.0. The molecule has 1 amide bonds. The van der Waals surface area contributed by atoms with E-state index in [1.807, 2.05) is 6.92 Å². The molecule has 0 radical (unpaired) electrons. The van der Waals surface area contributed by atoms with Crippen LogP contribution in [0, 0.1) is 0 Å². The van der Waals surface area contributed by atoms with Crippen LogP contribution in [0.3, 0.4) is 0 Å². The van der Waals surface area contributed by atoms with E-state index in [9.17, 15) is 18.0 Å². The lowest BCUT2D eigenvalue weighted by atomic mass is 10.1. The van der Waals surface area contributed by atoms with Crippen molar-refractivity contribution < 1.29 is 18.0 Å². The summed E-state index contributed by atoms with van der Waals surface area (Å²) in [6.07, 6.45) is -3.19. The highest BCUT2D eigenvalue weighted by atomic mass is 19.4. The van der Waals surface area contributed by atoms with Crippen LogP contribution in [0.5, 0.6) is 0 Å². The van der Waals surface area contributed by atoms with Crippen LogP contribution in [0.15, 0.2) is 29.3 Å². The number of amides is 1. The molecule has 24 heavy (non-hydrogen) atoms. The summed E-state index contributed by atoms with van der Waals surface area (Å²) < 4.78 is 38.0. The second-order valence-electron chi connectivity index (χ2n) is 5.15. The van der Waals surface area contributed by atoms with Crippen molar-refractivity contribution in [3.63, 3.8) is 0 Å². The van der Waals surface area contributed by atoms with Gasteiger partial charge in [0, 0.05) is 33.1 Å². The molecule has 0 aliphatic rings. The fourth-order valence-electron chi connectivity index (χ4n) is 1.91. The topological polar surface area (TPSA) is 65.5 Å². The quantitative estimate of drug-likeness (QED) is 0.525. The maximum atomic E-state index is 12.7. The van der Waals surface area contributed by atoms with Gasteiger partial charge in [-0.1, -0.05) is 19.1 Å². The fraction of sp³-hybridized carbons (Fsp3) is 0.500. The molecular formula is C16H23F3N4O. The molecule has 134 valence electrons. The van der Waals surface area contributed by atoms with E-state index in [0.29, 0.717) is 31.0 Å². The van der Waals surface area contributed by atoms with Crippen LogP contribution in [0.4, 0.5) is 13.2 Å². The van der Waals surface area contributed by atoms with Gasteiger partial charge in [0.1, 0.15) is 0 Å². The molecule has 1 rings (SSSR count). The molecule has 8 heteroatoms. The smallest absolute Gasteiger partial charge is 0.356 e. The second-order valence-corrected chi connectivity index (χ2v) is 5.15. The van der Waals surface area contributed by atoms with Crippen molar-refractivity contribution in [3.8, 4) is 0 Å². The zero-order valence-corrected chi connectivity index (χ0v) is 13.8. The average Bonchev–Trinajstić information content (AvgIpc) is 2.55. The number of benzene rings is 1. The molecule has 0 fully saturated rings. The minimum Gasteiger partial charge on any atom is -0.356 e. The van der Waals surface area contributed by atoms with Gasteiger partial charge in [-0.15, -0.1) is 0 Å². The maximum Gasteiger partial charge on any atom is 0.416 e. The molecule has 0 unspecified atom stereocenters. The van der Waals surface area contributed by atoms with Gasteiger partial charge in [0.15, 0.2) is 5.96 Å². The van der Waals surface area contributed by atoms with Crippen LogP contribution >= 0.6 is 0 Å². The number of rotatable bonds is 7. The Morgan fingerprint density at radius 2 is 1.92 bits per heavy atom. The Morgan fingerprint density at radius 1 is 1.17 bits per heavy atom. The number of alkyl halides is 3. The number of aliphatic imine (C=N–C) groups is 1. The first kappa shape index (κ1) is 19.8. The predicted molar refractivity (Wildman–Crippen MR) is 87.6 cm³/mol. The third kappa shape index (κ3) is 7.34. The van der Waals surface area contributed by atoms with E-state index in [1.54, 1.807) is 13.1 Å². The zero-order valence-electron chi connectivity index (χ0n) is 13.8. The van der Waals surface area contributed by atoms with Crippen LogP contribution in [-0.2, 0) is 17.5 Å². The summed E-state index contributed by atoms with van der Waals surface area (Å²) in [6.45, 7) is 3.20. The Bertz CT molecular complexity index is 558. The number of guanidine groups is 1. The second kappa shape index (κ2) is 9.79. The standard InChI is InChI=1S/C16H23F3N4O/c1-3-8-21-14(24)7-9-22-15(20-2)23-11-12-5-4-6-13(10-12)16(17,18)19/h4-6,10H,3,7-9,11H2,1-2H3,(H,21,24)(H2,20,22,23). The van der Waals surface area contributed by atoms with Gasteiger partial charge in [-0.3, -0.25) is 9.79 Å². The van der Waals surface area contributed by atoms with Crippen LogP contribution < -0.4 is 16.0 Å². The van der Waals surface area contributed by atoms with Crippen LogP contribution in [0.2, 0.25) is 0 Å². The van der Waals surface area contributed by atoms with Crippen LogP contribution in [0.1, 0.15) is 30.9 Å². The van der Waals surface area contributed by atoms with Gasteiger partial charge in [0.2, 0.25) is 5.91 Å². The van der Waals surface area contributed by atoms with E-state index >= 15 is 0 Å². The van der Waals surface area contributed by atoms with Gasteiger partial charge < -0.3 is 16.0 Å². The summed E-state index contributed by atoms with van der Waals surface area (Å²) in [5.74, 6) is 0.369. The van der Waals surface area contributed by atoms with Crippen LogP contribution in [-0.4, -0.2) is 32.0 Å². The summed E-state index contributed by atoms with van der Waals surface area (Å²) in [4.78, 5) is 15.4. The molecular weight excluding hydrogens is 321 g/mol. The van der Waals surface area contributed by atoms with Crippen molar-refractivity contribution in [2.24, 2.45) is 4.99 Å². The summed E-state index contributed by atoms with van der Waals surface area (Å²) in [6, 6.07) is 5.10. The largest absolute Gasteiger partial charge is 0.416 e. The summed E-state index contributed by atoms with van der Waals surface area (Å²) in [5, 5.41) is 8.63. The van der Waals surface area contributed by atoms with Gasteiger partial charge in [-0.05, 0) is 24.1 Å². The SMILES string of the molecule is CCCNC(=O)CCNC(=NC)NCc1cccc(C(F)(F)F)c1. The molecule has 0 saturated carbocycles. The molecule has 0 heterocycles. The number of hydrogen-bond donors (Lipinski definition) is 3. The van der Waals surface area contributed by atoms with Gasteiger partial charge in [0.25, 0.3) is 0 Å². The van der Waals surface area contributed by atoms with Gasteiger partial charge in [0.05, 0.1) is 5.56 Å². The Balaban J connectivity index is 2.43. The highest BCUT2D eigenvalue weighted by Gasteiger charge is 2.30. The lowest BCUT2D eigenvalue weighted by Crippen LogP contribution is -2.39. The molecule has 0 atom stereocenters. The molecule has 0 aliphatic heterocycles. The number of carbonyl (C=O) groups excluding carboxylic acids is 1. The third-order valence-electron chi connectivity index (χ3n) is 3.15. The highest BCUT2D eigenvalue weighted by molar-refractivity contribution is 5.81. The fourth-order valence-corrected chi connectivity index (χ4v) is 1.91. The van der Waals surface area contributed by atoms with E-state index in [2.05, 4.69) is 20.9 Å².